The van der Waals surface area contributed by atoms with Gasteiger partial charge >= 0.3 is 0 Å². The molecule has 1 N–H and O–H groups in total. The number of hydrogen-bond acceptors (Lipinski definition) is 1. The van der Waals surface area contributed by atoms with Crippen molar-refractivity contribution in [3.63, 3.8) is 0 Å². The molecule has 2 nitrogen and oxygen atoms in total. The van der Waals surface area contributed by atoms with E-state index in [0.717, 1.165) is 44.3 Å². The summed E-state index contributed by atoms with van der Waals surface area (Å²) in [6.45, 7) is 2.43. The number of allylic oxidation sites excluding steroid dienone is 11. The lowest BCUT2D eigenvalue weighted by Gasteiger charge is -2.28. The minimum atomic E-state index is 0.0739. The zero-order valence-electron chi connectivity index (χ0n) is 29.9. The Kier molecular flexibility index (Phi) is 7.71. The first-order valence-corrected chi connectivity index (χ1v) is 19.3. The maximum absolute atomic E-state index is 4.01. The zero-order chi connectivity index (χ0) is 34.6. The molecule has 3 unspecified atom stereocenters. The highest BCUT2D eigenvalue weighted by Crippen LogP contribution is 2.53. The van der Waals surface area contributed by atoms with Gasteiger partial charge < -0.3 is 5.32 Å². The van der Waals surface area contributed by atoms with Gasteiger partial charge in [0.2, 0.25) is 0 Å². The van der Waals surface area contributed by atoms with E-state index in [1.54, 1.807) is 0 Å². The summed E-state index contributed by atoms with van der Waals surface area (Å²) in [5.74, 6) is 1.90. The Hall–Kier alpha value is -5.60. The van der Waals surface area contributed by atoms with E-state index in [4.69, 9.17) is 0 Å². The predicted octanol–water partition coefficient (Wildman–Crippen LogP) is 12.6. The van der Waals surface area contributed by atoms with Gasteiger partial charge in [0.15, 0.2) is 0 Å². The largest absolute Gasteiger partial charge is 0.361 e. The minimum Gasteiger partial charge on any atom is -0.361 e. The maximum Gasteiger partial charge on any atom is 0.112 e. The standard InChI is InChI=1S/C50H44N2/c1-33(34-16-5-2-6-17-34)49-42-23-11-12-24-43(42)50-39(25-15-26-44(49)50)37-28-29-41-40-22-13-14-27-46(40)52(47(41)31-37)48-32-38(35-18-7-3-8-19-35)30-45(51-48)36-20-9-4-10-21-36/h4-5,7,9-13,15-26,28-33,45,49,51H,2-3,6,8,14,27H2,1H3. The molecule has 1 aliphatic heterocycles. The number of benzene rings is 4. The van der Waals surface area contributed by atoms with E-state index >= 15 is 0 Å². The molecule has 5 aliphatic rings. The van der Waals surface area contributed by atoms with Gasteiger partial charge in [-0.1, -0.05) is 140 Å². The summed E-state index contributed by atoms with van der Waals surface area (Å²) >= 11 is 0. The van der Waals surface area contributed by atoms with Gasteiger partial charge in [-0.15, -0.1) is 0 Å². The summed E-state index contributed by atoms with van der Waals surface area (Å²) in [6, 6.07) is 34.4. The van der Waals surface area contributed by atoms with E-state index in [1.165, 1.54) is 77.8 Å². The number of hydrogen-bond donors (Lipinski definition) is 1. The molecule has 2 heteroatoms. The molecule has 0 saturated heterocycles. The first-order valence-electron chi connectivity index (χ1n) is 19.3. The molecule has 3 atom stereocenters. The molecular weight excluding hydrogens is 629 g/mol. The smallest absolute Gasteiger partial charge is 0.112 e. The summed E-state index contributed by atoms with van der Waals surface area (Å²) in [5.41, 5.74) is 17.6. The molecule has 254 valence electrons. The van der Waals surface area contributed by atoms with Gasteiger partial charge in [-0.3, -0.25) is 4.57 Å². The van der Waals surface area contributed by atoms with Crippen molar-refractivity contribution in [1.29, 1.82) is 0 Å². The SMILES string of the molecule is CC(C1=CCCC=C1)C1c2ccccc2-c2c(-c3ccc4c5c(n(C6=CC(C7=CCCC=C7)=CC(c7ccccc7)N6)c4c3)CCC=C5)cccc21. The highest BCUT2D eigenvalue weighted by atomic mass is 15.2. The number of dihydropyridines is 1. The van der Waals surface area contributed by atoms with E-state index in [1.807, 2.05) is 0 Å². The first kappa shape index (κ1) is 31.2. The maximum atomic E-state index is 4.01. The Morgan fingerprint density at radius 3 is 2.33 bits per heavy atom. The number of nitrogens with one attached hydrogen (secondary N) is 1. The second-order valence-corrected chi connectivity index (χ2v) is 15.0. The Labute approximate surface area is 307 Å². The molecule has 0 amide bonds. The van der Waals surface area contributed by atoms with Gasteiger partial charge in [0.25, 0.3) is 0 Å². The van der Waals surface area contributed by atoms with E-state index in [0.29, 0.717) is 11.8 Å². The Balaban J connectivity index is 1.14. The van der Waals surface area contributed by atoms with Crippen LogP contribution in [0.5, 0.6) is 0 Å². The lowest BCUT2D eigenvalue weighted by Crippen LogP contribution is -2.26. The summed E-state index contributed by atoms with van der Waals surface area (Å²) < 4.78 is 2.55. The molecule has 4 aliphatic carbocycles. The van der Waals surface area contributed by atoms with Crippen molar-refractivity contribution in [3.8, 4) is 22.3 Å². The molecule has 52 heavy (non-hydrogen) atoms. The number of aromatic nitrogens is 1. The molecule has 1 aromatic heterocycles. The second-order valence-electron chi connectivity index (χ2n) is 15.0. The van der Waals surface area contributed by atoms with Crippen LogP contribution in [0.4, 0.5) is 0 Å². The topological polar surface area (TPSA) is 17.0 Å². The van der Waals surface area contributed by atoms with E-state index in [9.17, 15) is 0 Å². The van der Waals surface area contributed by atoms with Crippen molar-refractivity contribution >= 4 is 22.8 Å². The molecule has 0 bridgehead atoms. The molecule has 4 aromatic carbocycles. The Bertz CT molecular complexity index is 2450. The molecule has 0 spiro atoms. The average Bonchev–Trinajstić information content (AvgIpc) is 3.74. The van der Waals surface area contributed by atoms with Crippen molar-refractivity contribution in [2.45, 2.75) is 57.4 Å². The van der Waals surface area contributed by atoms with Crippen LogP contribution in [0.1, 0.15) is 78.9 Å². The summed E-state index contributed by atoms with van der Waals surface area (Å²) in [6.07, 6.45) is 30.3. The van der Waals surface area contributed by atoms with Crippen molar-refractivity contribution in [2.75, 3.05) is 0 Å². The third kappa shape index (κ3) is 5.15. The van der Waals surface area contributed by atoms with E-state index in [-0.39, 0.29) is 6.04 Å². The van der Waals surface area contributed by atoms with Gasteiger partial charge in [0, 0.05) is 22.6 Å². The summed E-state index contributed by atoms with van der Waals surface area (Å²) in [5, 5.41) is 5.32. The van der Waals surface area contributed by atoms with Gasteiger partial charge in [-0.25, -0.2) is 0 Å². The van der Waals surface area contributed by atoms with Crippen LogP contribution >= 0.6 is 0 Å². The van der Waals surface area contributed by atoms with Crippen LogP contribution in [-0.4, -0.2) is 4.57 Å². The van der Waals surface area contributed by atoms with Gasteiger partial charge in [0.1, 0.15) is 5.82 Å². The number of rotatable bonds is 6. The average molecular weight is 673 g/mol. The third-order valence-electron chi connectivity index (χ3n) is 12.0. The van der Waals surface area contributed by atoms with Gasteiger partial charge in [0.05, 0.1) is 11.6 Å². The lowest BCUT2D eigenvalue weighted by molar-refractivity contribution is 0.607. The van der Waals surface area contributed by atoms with Gasteiger partial charge in [-0.2, -0.15) is 0 Å². The van der Waals surface area contributed by atoms with Crippen LogP contribution in [0.25, 0.3) is 45.1 Å². The third-order valence-corrected chi connectivity index (χ3v) is 12.0. The first-order chi connectivity index (χ1) is 25.7. The fourth-order valence-corrected chi connectivity index (χ4v) is 9.49. The number of nitrogens with zero attached hydrogens (tertiary/aromatic N) is 1. The molecular formula is C50H44N2. The molecule has 5 aromatic rings. The molecule has 2 heterocycles. The van der Waals surface area contributed by atoms with Crippen molar-refractivity contribution < 1.29 is 0 Å². The van der Waals surface area contributed by atoms with Crippen LogP contribution in [0.3, 0.4) is 0 Å². The van der Waals surface area contributed by atoms with E-state index < -0.39 is 0 Å². The van der Waals surface area contributed by atoms with Crippen molar-refractivity contribution in [1.82, 2.24) is 9.88 Å². The molecule has 0 radical (unpaired) electrons. The molecule has 10 rings (SSSR count). The fraction of sp³-hybridized carbons (Fsp3) is 0.200. The second kappa shape index (κ2) is 12.9. The monoisotopic (exact) mass is 672 g/mol. The number of fused-ring (bicyclic) bond motifs is 6. The van der Waals surface area contributed by atoms with Crippen LogP contribution < -0.4 is 5.32 Å². The van der Waals surface area contributed by atoms with E-state index in [2.05, 4.69) is 169 Å². The van der Waals surface area contributed by atoms with Crippen LogP contribution in [0, 0.1) is 5.92 Å². The Morgan fingerprint density at radius 2 is 1.48 bits per heavy atom. The van der Waals surface area contributed by atoms with Crippen LogP contribution in [-0.2, 0) is 6.42 Å². The van der Waals surface area contributed by atoms with Crippen LogP contribution in [0.2, 0.25) is 0 Å². The lowest BCUT2D eigenvalue weighted by atomic mass is 9.79. The van der Waals surface area contributed by atoms with Crippen molar-refractivity contribution in [3.05, 3.63) is 190 Å². The summed E-state index contributed by atoms with van der Waals surface area (Å²) in [4.78, 5) is 0. The Morgan fingerprint density at radius 1 is 0.692 bits per heavy atom. The van der Waals surface area contributed by atoms with Gasteiger partial charge in [-0.05, 0) is 118 Å². The zero-order valence-corrected chi connectivity index (χ0v) is 29.9. The normalized spacial score (nSPS) is 20.6. The molecule has 0 saturated carbocycles. The summed E-state index contributed by atoms with van der Waals surface area (Å²) in [7, 11) is 0. The molecule has 0 fully saturated rings. The quantitative estimate of drug-likeness (QED) is 0.190. The fourth-order valence-electron chi connectivity index (χ4n) is 9.49. The highest BCUT2D eigenvalue weighted by molar-refractivity contribution is 5.99. The highest BCUT2D eigenvalue weighted by Gasteiger charge is 2.35. The van der Waals surface area contributed by atoms with Crippen LogP contribution in [0.15, 0.2) is 162 Å². The van der Waals surface area contributed by atoms with Crippen molar-refractivity contribution in [2.24, 2.45) is 5.92 Å². The predicted molar refractivity (Wildman–Crippen MR) is 219 cm³/mol. The minimum absolute atomic E-state index is 0.0739.